The molecule has 348 valence electrons. The number of unbranched alkanes of at least 4 members (excludes halogenated alkanes) is 18. The molecule has 3 unspecified atom stereocenters. The van der Waals surface area contributed by atoms with Crippen LogP contribution in [0.3, 0.4) is 0 Å². The topological polar surface area (TPSA) is 105 Å². The molecule has 3 atom stereocenters. The highest BCUT2D eigenvalue weighted by Crippen LogP contribution is 2.43. The Morgan fingerprint density at radius 2 is 1.00 bits per heavy atom. The monoisotopic (exact) mass is 862 g/mol. The zero-order valence-corrected chi connectivity index (χ0v) is 40.3. The van der Waals surface area contributed by atoms with Gasteiger partial charge in [0.05, 0.1) is 39.9 Å². The average molecular weight is 862 g/mol. The number of quaternary nitrogens is 1. The molecule has 0 spiro atoms. The highest BCUT2D eigenvalue weighted by Gasteiger charge is 2.28. The van der Waals surface area contributed by atoms with E-state index in [1.165, 1.54) is 83.5 Å². The summed E-state index contributed by atoms with van der Waals surface area (Å²) in [4.78, 5) is 23.2. The van der Waals surface area contributed by atoms with Crippen molar-refractivity contribution in [3.8, 4) is 0 Å². The summed E-state index contributed by atoms with van der Waals surface area (Å²) in [5.74, 6) is -0.158. The predicted octanol–water partition coefficient (Wildman–Crippen LogP) is 14.0. The number of carbonyl (C=O) groups excluding carboxylic acids is 1. The summed E-state index contributed by atoms with van der Waals surface area (Å²) in [5, 5.41) is 13.9. The van der Waals surface area contributed by atoms with Crippen LogP contribution in [0.15, 0.2) is 72.9 Å². The van der Waals surface area contributed by atoms with Gasteiger partial charge in [0, 0.05) is 6.42 Å². The standard InChI is InChI=1S/C51H93N2O6P/c1-6-8-10-12-14-16-18-19-20-21-22-23-24-25-26-27-28-29-30-31-32-33-35-37-39-41-43-45-51(55)52-49(48-59-60(56,57)58-47-46-53(3,4)5)50(54)44-42-40-38-36-34-17-15-13-11-9-7-2/h8,10,14,16,19-20,22-23,25-26,28-29,49-50,54H,6-7,9,11-13,15,17-18,21,24,27,30-48H2,1-5H3,(H-,52,55,56,57)/p+1/b10-8-,16-14-,20-19-,23-22-,26-25-,29-28-. The minimum atomic E-state index is -4.32. The van der Waals surface area contributed by atoms with Crippen LogP contribution in [-0.2, 0) is 18.4 Å². The lowest BCUT2D eigenvalue weighted by Crippen LogP contribution is -2.46. The molecule has 0 heterocycles. The van der Waals surface area contributed by atoms with E-state index in [9.17, 15) is 19.4 Å². The third-order valence-electron chi connectivity index (χ3n) is 10.5. The van der Waals surface area contributed by atoms with Crippen LogP contribution in [0.25, 0.3) is 0 Å². The summed E-state index contributed by atoms with van der Waals surface area (Å²) in [5.41, 5.74) is 0. The normalized spacial score (nSPS) is 14.8. The Morgan fingerprint density at radius 1 is 0.583 bits per heavy atom. The summed E-state index contributed by atoms with van der Waals surface area (Å²) >= 11 is 0. The lowest BCUT2D eigenvalue weighted by molar-refractivity contribution is -0.870. The summed E-state index contributed by atoms with van der Waals surface area (Å²) in [6.45, 7) is 4.74. The van der Waals surface area contributed by atoms with Gasteiger partial charge >= 0.3 is 7.82 Å². The zero-order chi connectivity index (χ0) is 44.3. The Labute approximate surface area is 370 Å². The van der Waals surface area contributed by atoms with Crippen LogP contribution < -0.4 is 5.32 Å². The van der Waals surface area contributed by atoms with Gasteiger partial charge in [-0.2, -0.15) is 0 Å². The molecule has 9 heteroatoms. The van der Waals surface area contributed by atoms with Crippen molar-refractivity contribution in [3.63, 3.8) is 0 Å². The van der Waals surface area contributed by atoms with Crippen molar-refractivity contribution in [1.82, 2.24) is 5.32 Å². The first-order chi connectivity index (χ1) is 29.0. The minimum Gasteiger partial charge on any atom is -0.391 e. The SMILES string of the molecule is CC/C=C\C/C=C\C/C=C\C/C=C\C/C=C\C/C=C\CCCCCCCCCCC(=O)NC(COP(=O)(O)OCC[N+](C)(C)C)C(O)CCCCCCCCCCCCC. The van der Waals surface area contributed by atoms with Gasteiger partial charge in [-0.05, 0) is 64.2 Å². The van der Waals surface area contributed by atoms with Crippen molar-refractivity contribution in [2.24, 2.45) is 0 Å². The number of hydrogen-bond acceptors (Lipinski definition) is 5. The van der Waals surface area contributed by atoms with E-state index in [4.69, 9.17) is 9.05 Å². The second kappa shape index (κ2) is 42.3. The number of amides is 1. The number of nitrogens with zero attached hydrogens (tertiary/aromatic N) is 1. The van der Waals surface area contributed by atoms with E-state index >= 15 is 0 Å². The highest BCUT2D eigenvalue weighted by atomic mass is 31.2. The van der Waals surface area contributed by atoms with E-state index in [0.29, 0.717) is 23.9 Å². The summed E-state index contributed by atoms with van der Waals surface area (Å²) in [6.07, 6.45) is 56.5. The number of rotatable bonds is 43. The molecular weight excluding hydrogens is 768 g/mol. The first-order valence-electron chi connectivity index (χ1n) is 24.3. The van der Waals surface area contributed by atoms with E-state index in [1.54, 1.807) is 0 Å². The number of allylic oxidation sites excluding steroid dienone is 12. The fraction of sp³-hybridized carbons (Fsp3) is 0.745. The van der Waals surface area contributed by atoms with Gasteiger partial charge in [0.15, 0.2) is 0 Å². The van der Waals surface area contributed by atoms with E-state index < -0.39 is 20.0 Å². The maximum Gasteiger partial charge on any atom is 0.472 e. The average Bonchev–Trinajstić information content (AvgIpc) is 3.20. The van der Waals surface area contributed by atoms with Crippen molar-refractivity contribution in [3.05, 3.63) is 72.9 Å². The second-order valence-corrected chi connectivity index (χ2v) is 18.9. The van der Waals surface area contributed by atoms with Gasteiger partial charge in [0.25, 0.3) is 0 Å². The van der Waals surface area contributed by atoms with Crippen molar-refractivity contribution in [2.45, 2.75) is 206 Å². The summed E-state index contributed by atoms with van der Waals surface area (Å²) in [7, 11) is 1.60. The Hall–Kier alpha value is -2.06. The molecule has 0 radical (unpaired) electrons. The van der Waals surface area contributed by atoms with Crippen molar-refractivity contribution >= 4 is 13.7 Å². The van der Waals surface area contributed by atoms with Gasteiger partial charge in [0.1, 0.15) is 13.2 Å². The molecule has 0 aromatic carbocycles. The van der Waals surface area contributed by atoms with Gasteiger partial charge in [-0.15, -0.1) is 0 Å². The van der Waals surface area contributed by atoms with E-state index in [1.807, 2.05) is 21.1 Å². The highest BCUT2D eigenvalue weighted by molar-refractivity contribution is 7.47. The fourth-order valence-electron chi connectivity index (χ4n) is 6.64. The Bertz CT molecular complexity index is 1200. The Morgan fingerprint density at radius 3 is 1.47 bits per heavy atom. The van der Waals surface area contributed by atoms with Crippen LogP contribution in [0, 0.1) is 0 Å². The van der Waals surface area contributed by atoms with Gasteiger partial charge in [-0.3, -0.25) is 13.8 Å². The molecule has 0 aliphatic heterocycles. The van der Waals surface area contributed by atoms with Gasteiger partial charge in [0.2, 0.25) is 5.91 Å². The van der Waals surface area contributed by atoms with Crippen LogP contribution in [0.1, 0.15) is 194 Å². The second-order valence-electron chi connectivity index (χ2n) is 17.5. The molecule has 0 aliphatic carbocycles. The first kappa shape index (κ1) is 57.9. The molecule has 0 aromatic rings. The number of hydrogen-bond donors (Lipinski definition) is 3. The largest absolute Gasteiger partial charge is 0.472 e. The molecule has 0 aliphatic rings. The Balaban J connectivity index is 4.22. The number of aliphatic hydroxyl groups is 1. The molecule has 1 amide bonds. The molecule has 60 heavy (non-hydrogen) atoms. The quantitative estimate of drug-likeness (QED) is 0.0244. The van der Waals surface area contributed by atoms with Gasteiger partial charge < -0.3 is 19.8 Å². The maximum atomic E-state index is 12.9. The molecule has 0 aromatic heterocycles. The van der Waals surface area contributed by atoms with E-state index in [0.717, 1.165) is 83.5 Å². The van der Waals surface area contributed by atoms with Crippen LogP contribution in [0.2, 0.25) is 0 Å². The van der Waals surface area contributed by atoms with Gasteiger partial charge in [-0.1, -0.05) is 196 Å². The lowest BCUT2D eigenvalue weighted by Gasteiger charge is -2.26. The smallest absolute Gasteiger partial charge is 0.391 e. The predicted molar refractivity (Wildman–Crippen MR) is 258 cm³/mol. The van der Waals surface area contributed by atoms with Crippen LogP contribution in [0.5, 0.6) is 0 Å². The Kier molecular flexibility index (Phi) is 40.8. The molecule has 0 fully saturated rings. The third kappa shape index (κ3) is 44.0. The molecular formula is C51H94N2O6P+. The third-order valence-corrected chi connectivity index (χ3v) is 11.5. The van der Waals surface area contributed by atoms with Crippen LogP contribution >= 0.6 is 7.82 Å². The summed E-state index contributed by atoms with van der Waals surface area (Å²) < 4.78 is 23.6. The number of carbonyl (C=O) groups is 1. The number of nitrogens with one attached hydrogen (secondary N) is 1. The summed E-state index contributed by atoms with van der Waals surface area (Å²) in [6, 6.07) is -0.768. The fourth-order valence-corrected chi connectivity index (χ4v) is 7.37. The number of aliphatic hydroxyl groups excluding tert-OH is 1. The molecule has 3 N–H and O–H groups in total. The minimum absolute atomic E-state index is 0.0694. The van der Waals surface area contributed by atoms with E-state index in [-0.39, 0.29) is 19.1 Å². The number of likely N-dealkylation sites (N-methyl/N-ethyl adjacent to an activating group) is 1. The molecule has 0 bridgehead atoms. The zero-order valence-electron chi connectivity index (χ0n) is 39.4. The number of phosphoric acid groups is 1. The lowest BCUT2D eigenvalue weighted by atomic mass is 10.0. The van der Waals surface area contributed by atoms with Crippen molar-refractivity contribution in [1.29, 1.82) is 0 Å². The number of phosphoric ester groups is 1. The van der Waals surface area contributed by atoms with Crippen LogP contribution in [0.4, 0.5) is 0 Å². The molecule has 0 saturated heterocycles. The molecule has 0 saturated carbocycles. The van der Waals surface area contributed by atoms with Crippen molar-refractivity contribution < 1.29 is 32.9 Å². The molecule has 0 rings (SSSR count). The van der Waals surface area contributed by atoms with Crippen molar-refractivity contribution in [2.75, 3.05) is 40.9 Å². The van der Waals surface area contributed by atoms with E-state index in [2.05, 4.69) is 92.1 Å². The van der Waals surface area contributed by atoms with Gasteiger partial charge in [-0.25, -0.2) is 4.57 Å². The molecule has 8 nitrogen and oxygen atoms in total. The first-order valence-corrected chi connectivity index (χ1v) is 25.8. The maximum absolute atomic E-state index is 12.9. The van der Waals surface area contributed by atoms with Crippen LogP contribution in [-0.4, -0.2) is 73.4 Å².